The molecule has 9 nitrogen and oxygen atoms in total. The molecule has 170 valence electrons. The fourth-order valence-corrected chi connectivity index (χ4v) is 3.58. The van der Waals surface area contributed by atoms with Crippen LogP contribution in [0.4, 0.5) is 13.2 Å². The topological polar surface area (TPSA) is 103 Å². The van der Waals surface area contributed by atoms with Gasteiger partial charge in [0, 0.05) is 31.4 Å². The van der Waals surface area contributed by atoms with E-state index in [0.29, 0.717) is 43.7 Å². The Hall–Kier alpha value is -3.31. The SMILES string of the molecule is CC(C)(F)C(=O)N1CCC(c2cn(Cc3ccc(-c4nnc(C(F)F)o4)cn3)nn2)CC1. The standard InChI is InChI=1S/C20H22F3N7O2/c1-20(2,23)19(31)29-7-5-12(6-8-29)15-11-30(28-25-15)10-14-4-3-13(9-24-14)17-26-27-18(32-17)16(21)22/h3-4,9,11-12,16H,5-8,10H2,1-2H3. The van der Waals surface area contributed by atoms with Crippen LogP contribution >= 0.6 is 0 Å². The van der Waals surface area contributed by atoms with Crippen molar-refractivity contribution in [2.75, 3.05) is 13.1 Å². The summed E-state index contributed by atoms with van der Waals surface area (Å²) in [6.45, 7) is 3.88. The van der Waals surface area contributed by atoms with Gasteiger partial charge in [-0.25, -0.2) is 9.07 Å². The van der Waals surface area contributed by atoms with Crippen LogP contribution < -0.4 is 0 Å². The van der Waals surface area contributed by atoms with Gasteiger partial charge in [-0.15, -0.1) is 15.3 Å². The zero-order valence-electron chi connectivity index (χ0n) is 17.6. The maximum Gasteiger partial charge on any atom is 0.314 e. The molecule has 0 N–H and O–H groups in total. The first kappa shape index (κ1) is 21.9. The maximum absolute atomic E-state index is 13.9. The zero-order chi connectivity index (χ0) is 22.9. The molecule has 1 aliphatic heterocycles. The first-order valence-corrected chi connectivity index (χ1v) is 10.2. The van der Waals surface area contributed by atoms with Crippen molar-refractivity contribution in [1.29, 1.82) is 0 Å². The van der Waals surface area contributed by atoms with Gasteiger partial charge in [-0.1, -0.05) is 5.21 Å². The lowest BCUT2D eigenvalue weighted by molar-refractivity contribution is -0.143. The van der Waals surface area contributed by atoms with Gasteiger partial charge in [0.25, 0.3) is 11.8 Å². The third-order valence-corrected chi connectivity index (χ3v) is 5.29. The number of hydrogen-bond acceptors (Lipinski definition) is 7. The molecule has 0 unspecified atom stereocenters. The molecule has 0 aliphatic carbocycles. The summed E-state index contributed by atoms with van der Waals surface area (Å²) >= 11 is 0. The molecular formula is C20H22F3N7O2. The van der Waals surface area contributed by atoms with Crippen LogP contribution in [0.3, 0.4) is 0 Å². The highest BCUT2D eigenvalue weighted by Gasteiger charge is 2.34. The Morgan fingerprint density at radius 2 is 1.97 bits per heavy atom. The third kappa shape index (κ3) is 4.78. The van der Waals surface area contributed by atoms with Gasteiger partial charge in [-0.05, 0) is 38.8 Å². The molecule has 0 aromatic carbocycles. The quantitative estimate of drug-likeness (QED) is 0.569. The van der Waals surface area contributed by atoms with Crippen molar-refractivity contribution >= 4 is 5.91 Å². The Morgan fingerprint density at radius 3 is 2.56 bits per heavy atom. The van der Waals surface area contributed by atoms with Crippen molar-refractivity contribution in [1.82, 2.24) is 35.1 Å². The van der Waals surface area contributed by atoms with Gasteiger partial charge in [0.1, 0.15) is 0 Å². The number of pyridine rings is 1. The summed E-state index contributed by atoms with van der Waals surface area (Å²) in [6, 6.07) is 3.37. The number of nitrogens with zero attached hydrogens (tertiary/aromatic N) is 7. The van der Waals surface area contributed by atoms with Gasteiger partial charge in [0.05, 0.1) is 23.5 Å². The molecule has 0 saturated carbocycles. The Kier molecular flexibility index (Phi) is 5.94. The fourth-order valence-electron chi connectivity index (χ4n) is 3.58. The van der Waals surface area contributed by atoms with Crippen LogP contribution in [0, 0.1) is 0 Å². The van der Waals surface area contributed by atoms with Crippen molar-refractivity contribution in [2.24, 2.45) is 0 Å². The van der Waals surface area contributed by atoms with E-state index < -0.39 is 23.9 Å². The molecule has 1 amide bonds. The van der Waals surface area contributed by atoms with E-state index in [4.69, 9.17) is 4.42 Å². The number of rotatable bonds is 6. The fraction of sp³-hybridized carbons (Fsp3) is 0.500. The van der Waals surface area contributed by atoms with E-state index in [2.05, 4.69) is 25.5 Å². The predicted molar refractivity (Wildman–Crippen MR) is 105 cm³/mol. The van der Waals surface area contributed by atoms with Crippen LogP contribution in [-0.4, -0.2) is 59.7 Å². The van der Waals surface area contributed by atoms with Crippen molar-refractivity contribution in [3.8, 4) is 11.5 Å². The summed E-state index contributed by atoms with van der Waals surface area (Å²) in [7, 11) is 0. The van der Waals surface area contributed by atoms with Crippen LogP contribution in [0.1, 0.15) is 56.3 Å². The molecule has 12 heteroatoms. The van der Waals surface area contributed by atoms with E-state index in [-0.39, 0.29) is 11.8 Å². The molecule has 0 spiro atoms. The number of alkyl halides is 3. The molecule has 3 aromatic heterocycles. The Bertz CT molecular complexity index is 1070. The van der Waals surface area contributed by atoms with Gasteiger partial charge in [-0.2, -0.15) is 8.78 Å². The van der Waals surface area contributed by atoms with E-state index in [1.54, 1.807) is 21.7 Å². The molecule has 4 rings (SSSR count). The van der Waals surface area contributed by atoms with E-state index >= 15 is 0 Å². The summed E-state index contributed by atoms with van der Waals surface area (Å²) < 4.78 is 45.6. The minimum Gasteiger partial charge on any atom is -0.415 e. The van der Waals surface area contributed by atoms with Gasteiger partial charge >= 0.3 is 6.43 Å². The van der Waals surface area contributed by atoms with Gasteiger partial charge < -0.3 is 9.32 Å². The third-order valence-electron chi connectivity index (χ3n) is 5.29. The largest absolute Gasteiger partial charge is 0.415 e. The molecule has 3 aromatic rings. The smallest absolute Gasteiger partial charge is 0.314 e. The molecule has 4 heterocycles. The Balaban J connectivity index is 1.35. The number of likely N-dealkylation sites (tertiary alicyclic amines) is 1. The summed E-state index contributed by atoms with van der Waals surface area (Å²) in [5, 5.41) is 15.3. The van der Waals surface area contributed by atoms with Gasteiger partial charge in [0.2, 0.25) is 5.89 Å². The number of carbonyl (C=O) groups is 1. The summed E-state index contributed by atoms with van der Waals surface area (Å²) in [6.07, 6.45) is 1.86. The molecule has 0 radical (unpaired) electrons. The Morgan fingerprint density at radius 1 is 1.22 bits per heavy atom. The van der Waals surface area contributed by atoms with Gasteiger partial charge in [-0.3, -0.25) is 9.78 Å². The number of aromatic nitrogens is 6. The number of halogens is 3. The second-order valence-electron chi connectivity index (χ2n) is 8.16. The van der Waals surface area contributed by atoms with Crippen LogP contribution in [0.25, 0.3) is 11.5 Å². The molecule has 0 atom stereocenters. The van der Waals surface area contributed by atoms with Crippen molar-refractivity contribution in [3.63, 3.8) is 0 Å². The van der Waals surface area contributed by atoms with Crippen molar-refractivity contribution in [3.05, 3.63) is 41.8 Å². The number of amides is 1. The highest BCUT2D eigenvalue weighted by molar-refractivity contribution is 5.84. The second-order valence-corrected chi connectivity index (χ2v) is 8.16. The molecule has 1 fully saturated rings. The minimum atomic E-state index is -2.83. The van der Waals surface area contributed by atoms with E-state index in [1.807, 2.05) is 6.20 Å². The summed E-state index contributed by atoms with van der Waals surface area (Å²) in [5.74, 6) is -1.10. The average molecular weight is 449 g/mol. The van der Waals surface area contributed by atoms with Crippen molar-refractivity contribution < 1.29 is 22.4 Å². The predicted octanol–water partition coefficient (Wildman–Crippen LogP) is 3.16. The highest BCUT2D eigenvalue weighted by Crippen LogP contribution is 2.28. The lowest BCUT2D eigenvalue weighted by atomic mass is 9.93. The summed E-state index contributed by atoms with van der Waals surface area (Å²) in [4.78, 5) is 17.9. The molecular weight excluding hydrogens is 427 g/mol. The maximum atomic E-state index is 13.9. The number of piperidine rings is 1. The number of carbonyl (C=O) groups excluding carboxylic acids is 1. The number of hydrogen-bond donors (Lipinski definition) is 0. The monoisotopic (exact) mass is 449 g/mol. The van der Waals surface area contributed by atoms with Gasteiger partial charge in [0.15, 0.2) is 5.67 Å². The average Bonchev–Trinajstić information content (AvgIpc) is 3.43. The molecule has 1 saturated heterocycles. The zero-order valence-corrected chi connectivity index (χ0v) is 17.6. The summed E-state index contributed by atoms with van der Waals surface area (Å²) in [5.41, 5.74) is 0.0703. The lowest BCUT2D eigenvalue weighted by Crippen LogP contribution is -2.46. The highest BCUT2D eigenvalue weighted by atomic mass is 19.3. The lowest BCUT2D eigenvalue weighted by Gasteiger charge is -2.33. The first-order valence-electron chi connectivity index (χ1n) is 10.2. The normalized spacial score (nSPS) is 15.5. The van der Waals surface area contributed by atoms with Crippen LogP contribution in [0.5, 0.6) is 0 Å². The molecule has 0 bridgehead atoms. The van der Waals surface area contributed by atoms with E-state index in [9.17, 15) is 18.0 Å². The van der Waals surface area contributed by atoms with Crippen LogP contribution in [0.15, 0.2) is 28.9 Å². The first-order chi connectivity index (χ1) is 15.2. The van der Waals surface area contributed by atoms with Crippen molar-refractivity contribution in [2.45, 2.75) is 51.2 Å². The molecule has 32 heavy (non-hydrogen) atoms. The molecule has 1 aliphatic rings. The van der Waals surface area contributed by atoms with E-state index in [1.165, 1.54) is 20.0 Å². The van der Waals surface area contributed by atoms with Crippen LogP contribution in [0.2, 0.25) is 0 Å². The Labute approximate surface area is 181 Å². The minimum absolute atomic E-state index is 0.0247. The second kappa shape index (κ2) is 8.67. The van der Waals surface area contributed by atoms with Crippen LogP contribution in [-0.2, 0) is 11.3 Å². The van der Waals surface area contributed by atoms with E-state index in [0.717, 1.165) is 5.69 Å².